The standard InChI is InChI=1S/C16H20N5O4/c17-15-19-13-12(14(23)20-15)18-9-21(13)6-10-5-16(10,7-22)8-25-11-3-1-2-4-24-11/h6,9,11H,1-5,7-8H2,(H3,17,19,20,23)/b10-6-/t11?,16-/m0/s1. The first-order valence-electron chi connectivity index (χ1n) is 8.36. The van der Waals surface area contributed by atoms with Crippen molar-refractivity contribution in [3.63, 3.8) is 0 Å². The van der Waals surface area contributed by atoms with Crippen LogP contribution in [0.2, 0.25) is 0 Å². The number of imidazole rings is 1. The summed E-state index contributed by atoms with van der Waals surface area (Å²) < 4.78 is 13.0. The predicted octanol–water partition coefficient (Wildman–Crippen LogP) is 0.906. The largest absolute Gasteiger partial charge is 0.369 e. The van der Waals surface area contributed by atoms with Crippen LogP contribution < -0.4 is 11.3 Å². The summed E-state index contributed by atoms with van der Waals surface area (Å²) in [4.78, 5) is 22.4. The number of nitrogens with one attached hydrogen (secondary N) is 1. The Morgan fingerprint density at radius 2 is 2.40 bits per heavy atom. The Balaban J connectivity index is 1.53. The molecule has 1 aliphatic carbocycles. The summed E-state index contributed by atoms with van der Waals surface area (Å²) in [6, 6.07) is 0. The average molecular weight is 346 g/mol. The van der Waals surface area contributed by atoms with E-state index in [0.29, 0.717) is 25.3 Å². The third kappa shape index (κ3) is 3.06. The molecule has 4 rings (SSSR count). The van der Waals surface area contributed by atoms with E-state index in [4.69, 9.17) is 15.2 Å². The third-order valence-electron chi connectivity index (χ3n) is 4.79. The molecule has 2 atom stereocenters. The lowest BCUT2D eigenvalue weighted by Gasteiger charge is -2.24. The number of aromatic amines is 1. The van der Waals surface area contributed by atoms with Crippen molar-refractivity contribution in [3.05, 3.63) is 22.3 Å². The number of hydrogen-bond acceptors (Lipinski definition) is 6. The molecule has 0 aromatic carbocycles. The minimum absolute atomic E-state index is 0.0290. The first-order chi connectivity index (χ1) is 12.1. The van der Waals surface area contributed by atoms with Crippen LogP contribution in [0.15, 0.2) is 16.7 Å². The Kier molecular flexibility index (Phi) is 4.06. The molecule has 1 aliphatic heterocycles. The highest BCUT2D eigenvalue weighted by molar-refractivity contribution is 5.73. The van der Waals surface area contributed by atoms with Crippen molar-refractivity contribution < 1.29 is 14.6 Å². The summed E-state index contributed by atoms with van der Waals surface area (Å²) in [5.41, 5.74) is 6.24. The summed E-state index contributed by atoms with van der Waals surface area (Å²) in [6.45, 7) is 0.796. The van der Waals surface area contributed by atoms with Gasteiger partial charge in [-0.05, 0) is 31.3 Å². The van der Waals surface area contributed by atoms with Gasteiger partial charge in [0.1, 0.15) is 6.33 Å². The monoisotopic (exact) mass is 346 g/mol. The number of aromatic nitrogens is 4. The molecule has 133 valence electrons. The van der Waals surface area contributed by atoms with Crippen molar-refractivity contribution >= 4 is 23.3 Å². The number of ether oxygens (including phenoxy) is 2. The summed E-state index contributed by atoms with van der Waals surface area (Å²) in [6.07, 6.45) is 6.74. The molecule has 3 heterocycles. The summed E-state index contributed by atoms with van der Waals surface area (Å²) in [5, 5.41) is 11.7. The molecule has 1 unspecified atom stereocenters. The molecule has 1 saturated carbocycles. The van der Waals surface area contributed by atoms with E-state index < -0.39 is 5.41 Å². The van der Waals surface area contributed by atoms with Crippen LogP contribution in [0.5, 0.6) is 0 Å². The number of nitrogens with zero attached hydrogens (tertiary/aromatic N) is 3. The zero-order valence-electron chi connectivity index (χ0n) is 13.7. The lowest BCUT2D eigenvalue weighted by molar-refractivity contribution is -0.173. The van der Waals surface area contributed by atoms with Crippen LogP contribution in [0.25, 0.3) is 17.4 Å². The summed E-state index contributed by atoms with van der Waals surface area (Å²) in [5.74, 6) is 0.0290. The maximum Gasteiger partial charge on any atom is 0.280 e. The zero-order valence-corrected chi connectivity index (χ0v) is 13.7. The Hall–Kier alpha value is -2.23. The molecular weight excluding hydrogens is 326 g/mol. The van der Waals surface area contributed by atoms with Crippen molar-refractivity contribution in [2.75, 3.05) is 25.6 Å². The highest BCUT2D eigenvalue weighted by Crippen LogP contribution is 2.52. The maximum absolute atomic E-state index is 11.8. The molecule has 1 radical (unpaired) electrons. The highest BCUT2D eigenvalue weighted by atomic mass is 16.7. The number of fused-ring (bicyclic) bond motifs is 1. The van der Waals surface area contributed by atoms with Gasteiger partial charge in [-0.2, -0.15) is 4.98 Å². The maximum atomic E-state index is 11.8. The third-order valence-corrected chi connectivity index (χ3v) is 4.79. The molecule has 2 aromatic rings. The zero-order chi connectivity index (χ0) is 17.4. The molecule has 2 aromatic heterocycles. The molecule has 3 N–H and O–H groups in total. The van der Waals surface area contributed by atoms with Gasteiger partial charge < -0.3 is 15.2 Å². The van der Waals surface area contributed by atoms with Gasteiger partial charge in [-0.15, -0.1) is 0 Å². The van der Waals surface area contributed by atoms with Crippen molar-refractivity contribution in [3.8, 4) is 0 Å². The van der Waals surface area contributed by atoms with Gasteiger partial charge in [-0.3, -0.25) is 14.3 Å². The van der Waals surface area contributed by atoms with E-state index in [-0.39, 0.29) is 29.9 Å². The van der Waals surface area contributed by atoms with Crippen molar-refractivity contribution in [1.82, 2.24) is 19.5 Å². The normalized spacial score (nSPS) is 27.9. The van der Waals surface area contributed by atoms with E-state index in [1.54, 1.807) is 10.8 Å². The van der Waals surface area contributed by atoms with Gasteiger partial charge in [-0.25, -0.2) is 10.1 Å². The lowest BCUT2D eigenvalue weighted by Crippen LogP contribution is -2.26. The Morgan fingerprint density at radius 3 is 3.16 bits per heavy atom. The fourth-order valence-electron chi connectivity index (χ4n) is 3.13. The summed E-state index contributed by atoms with van der Waals surface area (Å²) >= 11 is 0. The van der Waals surface area contributed by atoms with Gasteiger partial charge in [0.2, 0.25) is 5.95 Å². The second-order valence-corrected chi connectivity index (χ2v) is 6.64. The van der Waals surface area contributed by atoms with Gasteiger partial charge in [0, 0.05) is 18.2 Å². The minimum atomic E-state index is -0.510. The lowest BCUT2D eigenvalue weighted by atomic mass is 10.1. The van der Waals surface area contributed by atoms with E-state index in [9.17, 15) is 9.90 Å². The number of nitrogens with two attached hydrogens (primary N) is 1. The smallest absolute Gasteiger partial charge is 0.280 e. The van der Waals surface area contributed by atoms with Crippen LogP contribution in [0, 0.1) is 5.41 Å². The van der Waals surface area contributed by atoms with Gasteiger partial charge in [0.05, 0.1) is 13.2 Å². The SMILES string of the molecule is Nc1nc2c(ncn2/C=C2/C[C@]2(C[O])COC2CCCCO2)c(=O)[nH]1. The van der Waals surface area contributed by atoms with Crippen LogP contribution in [-0.4, -0.2) is 45.6 Å². The highest BCUT2D eigenvalue weighted by Gasteiger charge is 2.50. The Bertz CT molecular complexity index is 867. The second-order valence-electron chi connectivity index (χ2n) is 6.64. The van der Waals surface area contributed by atoms with Crippen molar-refractivity contribution in [1.29, 1.82) is 0 Å². The number of anilines is 1. The van der Waals surface area contributed by atoms with Crippen molar-refractivity contribution in [2.24, 2.45) is 5.41 Å². The van der Waals surface area contributed by atoms with Gasteiger partial charge in [0.25, 0.3) is 5.56 Å². The van der Waals surface area contributed by atoms with E-state index in [0.717, 1.165) is 24.8 Å². The predicted molar refractivity (Wildman–Crippen MR) is 89.0 cm³/mol. The molecule has 1 saturated heterocycles. The minimum Gasteiger partial charge on any atom is -0.369 e. The molecule has 0 amide bonds. The first kappa shape index (κ1) is 16.2. The van der Waals surface area contributed by atoms with E-state index in [1.165, 1.54) is 6.33 Å². The fourth-order valence-corrected chi connectivity index (χ4v) is 3.13. The molecule has 0 spiro atoms. The van der Waals surface area contributed by atoms with E-state index in [2.05, 4.69) is 15.0 Å². The van der Waals surface area contributed by atoms with Gasteiger partial charge >= 0.3 is 0 Å². The van der Waals surface area contributed by atoms with Gasteiger partial charge in [0.15, 0.2) is 17.5 Å². The van der Waals surface area contributed by atoms with E-state index >= 15 is 0 Å². The molecule has 2 fully saturated rings. The molecule has 9 nitrogen and oxygen atoms in total. The molecular formula is C16H20N5O4. The van der Waals surface area contributed by atoms with Gasteiger partial charge in [-0.1, -0.05) is 0 Å². The van der Waals surface area contributed by atoms with Crippen LogP contribution in [0.4, 0.5) is 5.95 Å². The van der Waals surface area contributed by atoms with Crippen LogP contribution in [0.1, 0.15) is 25.7 Å². The first-order valence-corrected chi connectivity index (χ1v) is 8.36. The average Bonchev–Trinajstić information content (AvgIpc) is 3.16. The quantitative estimate of drug-likeness (QED) is 0.828. The topological polar surface area (TPSA) is 128 Å². The number of nitrogen functional groups attached to an aromatic ring is 1. The van der Waals surface area contributed by atoms with Crippen LogP contribution in [-0.2, 0) is 14.6 Å². The number of H-pyrrole nitrogens is 1. The van der Waals surface area contributed by atoms with Crippen molar-refractivity contribution in [2.45, 2.75) is 32.0 Å². The van der Waals surface area contributed by atoms with Crippen LogP contribution >= 0.6 is 0 Å². The summed E-state index contributed by atoms with van der Waals surface area (Å²) in [7, 11) is 0. The number of rotatable bonds is 5. The Labute approximate surface area is 143 Å². The fraction of sp³-hybridized carbons (Fsp3) is 0.562. The van der Waals surface area contributed by atoms with E-state index in [1.807, 2.05) is 0 Å². The molecule has 25 heavy (non-hydrogen) atoms. The second kappa shape index (κ2) is 6.25. The Morgan fingerprint density at radius 1 is 1.52 bits per heavy atom. The number of hydrogen-bond donors (Lipinski definition) is 2. The molecule has 9 heteroatoms. The molecule has 0 bridgehead atoms. The van der Waals surface area contributed by atoms with Crippen LogP contribution in [0.3, 0.4) is 0 Å². The molecule has 2 aliphatic rings.